The maximum absolute atomic E-state index is 13.4. The van der Waals surface area contributed by atoms with Crippen LogP contribution in [0.3, 0.4) is 0 Å². The molecule has 2 unspecified atom stereocenters. The standard InChI is InChI=1S/C11H14BrF2NO2S/c1-7(6-12)8(2)15-18(16,17)11-4-3-9(13)5-10(11)14/h3-5,7-8,15H,6H2,1-2H3. The van der Waals surface area contributed by atoms with Gasteiger partial charge in [0.15, 0.2) is 0 Å². The van der Waals surface area contributed by atoms with Crippen LogP contribution in [0.15, 0.2) is 23.1 Å². The zero-order valence-electron chi connectivity index (χ0n) is 9.95. The van der Waals surface area contributed by atoms with E-state index in [2.05, 4.69) is 20.7 Å². The van der Waals surface area contributed by atoms with E-state index >= 15 is 0 Å². The summed E-state index contributed by atoms with van der Waals surface area (Å²) >= 11 is 3.24. The summed E-state index contributed by atoms with van der Waals surface area (Å²) in [6, 6.07) is 2.01. The van der Waals surface area contributed by atoms with E-state index in [1.165, 1.54) is 0 Å². The van der Waals surface area contributed by atoms with Crippen LogP contribution in [0.1, 0.15) is 13.8 Å². The van der Waals surface area contributed by atoms with Crippen molar-refractivity contribution < 1.29 is 17.2 Å². The van der Waals surface area contributed by atoms with Crippen molar-refractivity contribution in [1.82, 2.24) is 4.72 Å². The average Bonchev–Trinajstić information content (AvgIpc) is 2.26. The van der Waals surface area contributed by atoms with Crippen molar-refractivity contribution in [3.8, 4) is 0 Å². The minimum Gasteiger partial charge on any atom is -0.208 e. The van der Waals surface area contributed by atoms with Gasteiger partial charge < -0.3 is 0 Å². The van der Waals surface area contributed by atoms with Gasteiger partial charge in [0, 0.05) is 17.4 Å². The largest absolute Gasteiger partial charge is 0.243 e. The average molecular weight is 342 g/mol. The van der Waals surface area contributed by atoms with Crippen LogP contribution in [0.2, 0.25) is 0 Å². The summed E-state index contributed by atoms with van der Waals surface area (Å²) in [5.41, 5.74) is 0. The van der Waals surface area contributed by atoms with E-state index < -0.39 is 26.6 Å². The first-order valence-corrected chi connectivity index (χ1v) is 7.91. The highest BCUT2D eigenvalue weighted by molar-refractivity contribution is 9.09. The quantitative estimate of drug-likeness (QED) is 0.837. The van der Waals surface area contributed by atoms with Crippen molar-refractivity contribution >= 4 is 26.0 Å². The van der Waals surface area contributed by atoms with Gasteiger partial charge in [0.05, 0.1) is 0 Å². The number of hydrogen-bond donors (Lipinski definition) is 1. The summed E-state index contributed by atoms with van der Waals surface area (Å²) in [4.78, 5) is -0.544. The second-order valence-corrected chi connectivity index (χ2v) is 6.45. The van der Waals surface area contributed by atoms with Crippen molar-refractivity contribution in [3.63, 3.8) is 0 Å². The van der Waals surface area contributed by atoms with Crippen LogP contribution in [-0.2, 0) is 10.0 Å². The van der Waals surface area contributed by atoms with E-state index in [-0.39, 0.29) is 12.0 Å². The third kappa shape index (κ3) is 3.73. The highest BCUT2D eigenvalue weighted by Crippen LogP contribution is 2.17. The molecule has 18 heavy (non-hydrogen) atoms. The van der Waals surface area contributed by atoms with Crippen LogP contribution in [0.4, 0.5) is 8.78 Å². The van der Waals surface area contributed by atoms with E-state index in [0.717, 1.165) is 12.1 Å². The SMILES string of the molecule is CC(CBr)C(C)NS(=O)(=O)c1ccc(F)cc1F. The normalized spacial score (nSPS) is 15.4. The highest BCUT2D eigenvalue weighted by Gasteiger charge is 2.23. The van der Waals surface area contributed by atoms with Gasteiger partial charge in [-0.2, -0.15) is 0 Å². The Morgan fingerprint density at radius 3 is 2.44 bits per heavy atom. The van der Waals surface area contributed by atoms with Gasteiger partial charge in [-0.15, -0.1) is 0 Å². The number of sulfonamides is 1. The Morgan fingerprint density at radius 1 is 1.33 bits per heavy atom. The molecule has 0 saturated heterocycles. The maximum Gasteiger partial charge on any atom is 0.243 e. The molecule has 0 aliphatic heterocycles. The smallest absolute Gasteiger partial charge is 0.208 e. The fourth-order valence-electron chi connectivity index (χ4n) is 1.25. The summed E-state index contributed by atoms with van der Waals surface area (Å²) in [5, 5.41) is 0.614. The van der Waals surface area contributed by atoms with Crippen LogP contribution in [0.5, 0.6) is 0 Å². The molecule has 0 fully saturated rings. The first-order valence-electron chi connectivity index (χ1n) is 5.31. The summed E-state index contributed by atoms with van der Waals surface area (Å²) < 4.78 is 52.3. The number of benzene rings is 1. The molecule has 0 bridgehead atoms. The first kappa shape index (κ1) is 15.5. The monoisotopic (exact) mass is 341 g/mol. The highest BCUT2D eigenvalue weighted by atomic mass is 79.9. The molecule has 102 valence electrons. The lowest BCUT2D eigenvalue weighted by Crippen LogP contribution is -2.38. The minimum absolute atomic E-state index is 0.0447. The molecule has 0 amide bonds. The Hall–Kier alpha value is -0.530. The van der Waals surface area contributed by atoms with Gasteiger partial charge in [0.25, 0.3) is 0 Å². The molecule has 1 N–H and O–H groups in total. The topological polar surface area (TPSA) is 46.2 Å². The number of hydrogen-bond acceptors (Lipinski definition) is 2. The van der Waals surface area contributed by atoms with Crippen molar-refractivity contribution in [2.45, 2.75) is 24.8 Å². The van der Waals surface area contributed by atoms with Gasteiger partial charge in [-0.1, -0.05) is 22.9 Å². The van der Waals surface area contributed by atoms with E-state index in [1.807, 2.05) is 6.92 Å². The second kappa shape index (κ2) is 6.08. The van der Waals surface area contributed by atoms with Crippen LogP contribution in [0, 0.1) is 17.6 Å². The molecular formula is C11H14BrF2NO2S. The van der Waals surface area contributed by atoms with Gasteiger partial charge in [-0.05, 0) is 25.0 Å². The summed E-state index contributed by atoms with van der Waals surface area (Å²) in [5.74, 6) is -1.86. The molecule has 0 aliphatic carbocycles. The predicted octanol–water partition coefficient (Wildman–Crippen LogP) is 2.66. The van der Waals surface area contributed by atoms with E-state index in [0.29, 0.717) is 11.4 Å². The van der Waals surface area contributed by atoms with Crippen LogP contribution in [0.25, 0.3) is 0 Å². The zero-order chi connectivity index (χ0) is 13.9. The predicted molar refractivity (Wildman–Crippen MR) is 69.1 cm³/mol. The summed E-state index contributed by atoms with van der Waals surface area (Å²) in [6.45, 7) is 3.54. The third-order valence-corrected chi connectivity index (χ3v) is 5.23. The number of alkyl halides is 1. The van der Waals surface area contributed by atoms with Crippen LogP contribution < -0.4 is 4.72 Å². The number of rotatable bonds is 5. The Balaban J connectivity index is 3.00. The Morgan fingerprint density at radius 2 is 1.94 bits per heavy atom. The maximum atomic E-state index is 13.4. The lowest BCUT2D eigenvalue weighted by molar-refractivity contribution is 0.479. The van der Waals surface area contributed by atoms with Gasteiger partial charge in [0.2, 0.25) is 10.0 Å². The van der Waals surface area contributed by atoms with Crippen molar-refractivity contribution in [2.75, 3.05) is 5.33 Å². The Kier molecular flexibility index (Phi) is 5.24. The molecule has 1 aromatic rings. The molecule has 0 heterocycles. The fourth-order valence-corrected chi connectivity index (χ4v) is 3.22. The van der Waals surface area contributed by atoms with Crippen molar-refractivity contribution in [2.24, 2.45) is 5.92 Å². The van der Waals surface area contributed by atoms with Crippen LogP contribution in [-0.4, -0.2) is 19.8 Å². The Labute approximate surface area is 114 Å². The molecule has 0 aromatic heterocycles. The zero-order valence-corrected chi connectivity index (χ0v) is 12.4. The van der Waals surface area contributed by atoms with E-state index in [1.54, 1.807) is 6.92 Å². The molecule has 0 aliphatic rings. The molecule has 0 radical (unpaired) electrons. The summed E-state index contributed by atoms with van der Waals surface area (Å²) in [7, 11) is -3.97. The number of nitrogens with one attached hydrogen (secondary N) is 1. The number of halogens is 3. The van der Waals surface area contributed by atoms with Crippen molar-refractivity contribution in [1.29, 1.82) is 0 Å². The minimum atomic E-state index is -3.97. The molecule has 1 rings (SSSR count). The summed E-state index contributed by atoms with van der Waals surface area (Å²) in [6.07, 6.45) is 0. The second-order valence-electron chi connectivity index (χ2n) is 4.12. The third-order valence-electron chi connectivity index (χ3n) is 2.62. The van der Waals surface area contributed by atoms with Crippen LogP contribution >= 0.6 is 15.9 Å². The van der Waals surface area contributed by atoms with E-state index in [9.17, 15) is 17.2 Å². The van der Waals surface area contributed by atoms with Gasteiger partial charge in [-0.3, -0.25) is 0 Å². The van der Waals surface area contributed by atoms with Crippen molar-refractivity contribution in [3.05, 3.63) is 29.8 Å². The molecule has 0 spiro atoms. The molecular weight excluding hydrogens is 328 g/mol. The molecule has 1 aromatic carbocycles. The van der Waals surface area contributed by atoms with Gasteiger partial charge in [0.1, 0.15) is 16.5 Å². The molecule has 7 heteroatoms. The van der Waals surface area contributed by atoms with Gasteiger partial charge >= 0.3 is 0 Å². The lowest BCUT2D eigenvalue weighted by atomic mass is 10.1. The fraction of sp³-hybridized carbons (Fsp3) is 0.455. The lowest BCUT2D eigenvalue weighted by Gasteiger charge is -2.19. The molecule has 2 atom stereocenters. The first-order chi connectivity index (χ1) is 8.27. The Bertz CT molecular complexity index is 522. The molecule has 0 saturated carbocycles. The molecule has 3 nitrogen and oxygen atoms in total. The van der Waals surface area contributed by atoms with E-state index in [4.69, 9.17) is 0 Å². The van der Waals surface area contributed by atoms with Gasteiger partial charge in [-0.25, -0.2) is 21.9 Å².